The zero-order chi connectivity index (χ0) is 15.8. The molecule has 0 rings (SSSR count). The highest BCUT2D eigenvalue weighted by molar-refractivity contribution is 6.06. The maximum absolute atomic E-state index is 12.6. The summed E-state index contributed by atoms with van der Waals surface area (Å²) in [5.41, 5.74) is 4.95. The number of amidine groups is 1. The Bertz CT molecular complexity index is 321. The first-order chi connectivity index (χ1) is 9.35. The van der Waals surface area contributed by atoms with Crippen molar-refractivity contribution in [3.8, 4) is 0 Å². The lowest BCUT2D eigenvalue weighted by Crippen LogP contribution is -2.50. The maximum atomic E-state index is 12.6. The normalized spacial score (nSPS) is 14.4. The lowest BCUT2D eigenvalue weighted by atomic mass is 9.77. The summed E-state index contributed by atoms with van der Waals surface area (Å²) in [5.74, 6) is 0.804. The van der Waals surface area contributed by atoms with Crippen LogP contribution in [0.5, 0.6) is 0 Å². The molecule has 1 amide bonds. The molecule has 0 fully saturated rings. The van der Waals surface area contributed by atoms with Crippen molar-refractivity contribution < 1.29 is 10.0 Å². The zero-order valence-corrected chi connectivity index (χ0v) is 13.6. The van der Waals surface area contributed by atoms with Gasteiger partial charge in [0.25, 0.3) is 0 Å². The van der Waals surface area contributed by atoms with Crippen LogP contribution in [0.1, 0.15) is 60.3 Å². The molecule has 0 radical (unpaired) electrons. The number of nitrogens with two attached hydrogens (primary N) is 1. The van der Waals surface area contributed by atoms with E-state index in [4.69, 9.17) is 10.9 Å². The highest BCUT2D eigenvalue weighted by Gasteiger charge is 2.41. The van der Waals surface area contributed by atoms with Crippen LogP contribution < -0.4 is 11.1 Å². The van der Waals surface area contributed by atoms with Crippen LogP contribution >= 0.6 is 0 Å². The summed E-state index contributed by atoms with van der Waals surface area (Å²) < 4.78 is 0. The van der Waals surface area contributed by atoms with Gasteiger partial charge >= 0.3 is 0 Å². The first-order valence-electron chi connectivity index (χ1n) is 7.61. The minimum absolute atomic E-state index is 0.0240. The Labute approximate surface area is 123 Å². The third-order valence-electron chi connectivity index (χ3n) is 4.11. The second-order valence-electron chi connectivity index (χ2n) is 6.00. The Morgan fingerprint density at radius 3 is 2.10 bits per heavy atom. The molecule has 4 N–H and O–H groups in total. The SMILES string of the molecule is CCCC(CCC)(C(=O)NCC(C)C(C)C)C(N)=NO. The third-order valence-corrected chi connectivity index (χ3v) is 4.11. The number of carbonyl (C=O) groups is 1. The molecule has 0 aliphatic rings. The van der Waals surface area contributed by atoms with Crippen molar-refractivity contribution in [1.82, 2.24) is 5.32 Å². The van der Waals surface area contributed by atoms with Crippen LogP contribution in [0.2, 0.25) is 0 Å². The van der Waals surface area contributed by atoms with Gasteiger partial charge in [0.15, 0.2) is 5.84 Å². The van der Waals surface area contributed by atoms with Crippen molar-refractivity contribution >= 4 is 11.7 Å². The molecule has 0 heterocycles. The molecule has 1 unspecified atom stereocenters. The smallest absolute Gasteiger partial charge is 0.233 e. The van der Waals surface area contributed by atoms with Gasteiger partial charge < -0.3 is 16.3 Å². The molecule has 0 aliphatic carbocycles. The second-order valence-corrected chi connectivity index (χ2v) is 6.00. The fourth-order valence-corrected chi connectivity index (χ4v) is 2.33. The molecule has 5 nitrogen and oxygen atoms in total. The maximum Gasteiger partial charge on any atom is 0.233 e. The van der Waals surface area contributed by atoms with Gasteiger partial charge in [-0.1, -0.05) is 52.6 Å². The minimum atomic E-state index is -0.880. The lowest BCUT2D eigenvalue weighted by molar-refractivity contribution is -0.128. The average molecular weight is 285 g/mol. The average Bonchev–Trinajstić information content (AvgIpc) is 2.42. The molecule has 0 spiro atoms. The number of hydrogen-bond acceptors (Lipinski definition) is 3. The summed E-state index contributed by atoms with van der Waals surface area (Å²) >= 11 is 0. The number of nitrogens with one attached hydrogen (secondary N) is 1. The van der Waals surface area contributed by atoms with Crippen LogP contribution in [-0.2, 0) is 4.79 Å². The number of rotatable bonds is 9. The van der Waals surface area contributed by atoms with Gasteiger partial charge in [-0.3, -0.25) is 4.79 Å². The van der Waals surface area contributed by atoms with E-state index in [0.29, 0.717) is 31.2 Å². The molecule has 118 valence electrons. The second kappa shape index (κ2) is 8.82. The van der Waals surface area contributed by atoms with Crippen LogP contribution in [0.15, 0.2) is 5.16 Å². The molecular weight excluding hydrogens is 254 g/mol. The van der Waals surface area contributed by atoms with Gasteiger partial charge in [0.1, 0.15) is 5.41 Å². The lowest BCUT2D eigenvalue weighted by Gasteiger charge is -2.31. The van der Waals surface area contributed by atoms with Crippen molar-refractivity contribution in [2.24, 2.45) is 28.1 Å². The predicted molar refractivity (Wildman–Crippen MR) is 82.7 cm³/mol. The molecule has 5 heteroatoms. The van der Waals surface area contributed by atoms with E-state index in [0.717, 1.165) is 12.8 Å². The molecule has 20 heavy (non-hydrogen) atoms. The first-order valence-corrected chi connectivity index (χ1v) is 7.61. The van der Waals surface area contributed by atoms with Crippen LogP contribution in [0.4, 0.5) is 0 Å². The Morgan fingerprint density at radius 2 is 1.75 bits per heavy atom. The van der Waals surface area contributed by atoms with Crippen LogP contribution in [0.3, 0.4) is 0 Å². The quantitative estimate of drug-likeness (QED) is 0.263. The first kappa shape index (κ1) is 18.7. The van der Waals surface area contributed by atoms with E-state index < -0.39 is 5.41 Å². The van der Waals surface area contributed by atoms with Crippen molar-refractivity contribution in [3.05, 3.63) is 0 Å². The largest absolute Gasteiger partial charge is 0.409 e. The fraction of sp³-hybridized carbons (Fsp3) is 0.867. The van der Waals surface area contributed by atoms with Gasteiger partial charge in [0.05, 0.1) is 0 Å². The topological polar surface area (TPSA) is 87.7 Å². The van der Waals surface area contributed by atoms with Gasteiger partial charge in [-0.25, -0.2) is 0 Å². The molecule has 0 aromatic rings. The van der Waals surface area contributed by atoms with Crippen LogP contribution in [-0.4, -0.2) is 23.5 Å². The van der Waals surface area contributed by atoms with E-state index in [1.54, 1.807) is 0 Å². The summed E-state index contributed by atoms with van der Waals surface area (Å²) in [6.45, 7) is 11.0. The van der Waals surface area contributed by atoms with E-state index in [2.05, 4.69) is 31.2 Å². The Morgan fingerprint density at radius 1 is 1.25 bits per heavy atom. The summed E-state index contributed by atoms with van der Waals surface area (Å²) in [4.78, 5) is 12.6. The molecule has 0 aromatic carbocycles. The third kappa shape index (κ3) is 4.69. The van der Waals surface area contributed by atoms with Gasteiger partial charge in [0.2, 0.25) is 5.91 Å². The Hall–Kier alpha value is -1.26. The van der Waals surface area contributed by atoms with E-state index in [-0.39, 0.29) is 11.7 Å². The monoisotopic (exact) mass is 285 g/mol. The molecule has 0 bridgehead atoms. The number of carbonyl (C=O) groups excluding carboxylic acids is 1. The molecular formula is C15H31N3O2. The number of nitrogens with zero attached hydrogens (tertiary/aromatic N) is 1. The predicted octanol–water partition coefficient (Wildman–Crippen LogP) is 2.73. The van der Waals surface area contributed by atoms with Crippen molar-refractivity contribution in [2.45, 2.75) is 60.3 Å². The number of amides is 1. The summed E-state index contributed by atoms with van der Waals surface area (Å²) in [6, 6.07) is 0. The Balaban J connectivity index is 5.05. The minimum Gasteiger partial charge on any atom is -0.409 e. The molecule has 0 aromatic heterocycles. The van der Waals surface area contributed by atoms with Gasteiger partial charge in [-0.05, 0) is 24.7 Å². The van der Waals surface area contributed by atoms with Crippen LogP contribution in [0, 0.1) is 17.3 Å². The fourth-order valence-electron chi connectivity index (χ4n) is 2.33. The highest BCUT2D eigenvalue weighted by atomic mass is 16.4. The Kier molecular flexibility index (Phi) is 8.26. The highest BCUT2D eigenvalue weighted by Crippen LogP contribution is 2.31. The van der Waals surface area contributed by atoms with Crippen LogP contribution in [0.25, 0.3) is 0 Å². The summed E-state index contributed by atoms with van der Waals surface area (Å²) in [7, 11) is 0. The summed E-state index contributed by atoms with van der Waals surface area (Å²) in [6.07, 6.45) is 2.81. The van der Waals surface area contributed by atoms with E-state index >= 15 is 0 Å². The molecule has 0 saturated carbocycles. The molecule has 0 saturated heterocycles. The molecule has 1 atom stereocenters. The van der Waals surface area contributed by atoms with E-state index in [1.807, 2.05) is 13.8 Å². The van der Waals surface area contributed by atoms with Crippen molar-refractivity contribution in [3.63, 3.8) is 0 Å². The van der Waals surface area contributed by atoms with E-state index in [1.165, 1.54) is 0 Å². The van der Waals surface area contributed by atoms with Crippen molar-refractivity contribution in [2.75, 3.05) is 6.54 Å². The van der Waals surface area contributed by atoms with Gasteiger partial charge in [-0.15, -0.1) is 0 Å². The van der Waals surface area contributed by atoms with Gasteiger partial charge in [-0.2, -0.15) is 0 Å². The number of hydrogen-bond donors (Lipinski definition) is 3. The molecule has 0 aliphatic heterocycles. The van der Waals surface area contributed by atoms with Crippen molar-refractivity contribution in [1.29, 1.82) is 0 Å². The standard InChI is InChI=1S/C15H31N3O2/c1-6-8-15(9-7-2,13(16)18-20)14(19)17-10-12(5)11(3)4/h11-12,20H,6-10H2,1-5H3,(H2,16,18)(H,17,19). The zero-order valence-electron chi connectivity index (χ0n) is 13.6. The van der Waals surface area contributed by atoms with Gasteiger partial charge in [0, 0.05) is 6.54 Å². The van der Waals surface area contributed by atoms with E-state index in [9.17, 15) is 4.79 Å². The number of oxime groups is 1. The summed E-state index contributed by atoms with van der Waals surface area (Å²) in [5, 5.41) is 15.1.